The first kappa shape index (κ1) is 18.5. The Morgan fingerprint density at radius 2 is 2.12 bits per heavy atom. The van der Waals surface area contributed by atoms with Crippen LogP contribution in [0, 0.1) is 17.8 Å². The Labute approximate surface area is 148 Å². The van der Waals surface area contributed by atoms with Gasteiger partial charge in [0.05, 0.1) is 12.2 Å². The number of fused-ring (bicyclic) bond motifs is 1. The number of aliphatic hydroxyl groups is 1. The molecule has 0 amide bonds. The lowest BCUT2D eigenvalue weighted by Gasteiger charge is -2.24. The highest BCUT2D eigenvalue weighted by Crippen LogP contribution is 2.48. The van der Waals surface area contributed by atoms with Gasteiger partial charge in [-0.2, -0.15) is 0 Å². The minimum atomic E-state index is -0.558. The van der Waals surface area contributed by atoms with E-state index in [2.05, 4.69) is 15.9 Å². The van der Waals surface area contributed by atoms with E-state index in [0.717, 1.165) is 31.4 Å². The zero-order chi connectivity index (χ0) is 16.9. The summed E-state index contributed by atoms with van der Waals surface area (Å²) in [6.07, 6.45) is 3.76. The third kappa shape index (κ3) is 4.68. The van der Waals surface area contributed by atoms with Crippen molar-refractivity contribution in [1.29, 1.82) is 0 Å². The van der Waals surface area contributed by atoms with Gasteiger partial charge in [-0.05, 0) is 49.1 Å². The summed E-state index contributed by atoms with van der Waals surface area (Å²) in [6, 6.07) is 9.89. The fraction of sp³-hybridized carbons (Fsp3) is 0.667. The normalized spacial score (nSPS) is 33.9. The molecule has 0 aromatic heterocycles. The van der Waals surface area contributed by atoms with Gasteiger partial charge in [0.15, 0.2) is 6.29 Å². The fourth-order valence-corrected chi connectivity index (χ4v) is 5.20. The highest BCUT2D eigenvalue weighted by molar-refractivity contribution is 8.00. The van der Waals surface area contributed by atoms with Gasteiger partial charge >= 0.3 is 0 Å². The highest BCUT2D eigenvalue weighted by Gasteiger charge is 2.47. The second-order valence-corrected chi connectivity index (χ2v) is 8.14. The molecule has 4 nitrogen and oxygen atoms in total. The molecule has 1 aliphatic carbocycles. The van der Waals surface area contributed by atoms with Crippen LogP contribution in [0.2, 0.25) is 0 Å². The Morgan fingerprint density at radius 3 is 2.88 bits per heavy atom. The average molecular weight is 370 g/mol. The maximum absolute atomic E-state index is 9.74. The molecule has 24 heavy (non-hydrogen) atoms. The number of benzene rings is 1. The monoisotopic (exact) mass is 370 g/mol. The van der Waals surface area contributed by atoms with Crippen molar-refractivity contribution in [3.63, 3.8) is 0 Å². The molecule has 8 atom stereocenters. The van der Waals surface area contributed by atoms with Crippen molar-refractivity contribution < 1.29 is 19.1 Å². The average Bonchev–Trinajstić information content (AvgIpc) is 3.06. The van der Waals surface area contributed by atoms with Crippen LogP contribution in [0.25, 0.3) is 0 Å². The Morgan fingerprint density at radius 1 is 1.33 bits per heavy atom. The molecular formula is C18H28O4P2. The Bertz CT molecular complexity index is 501. The minimum absolute atomic E-state index is 0.111. The molecule has 1 saturated heterocycles. The van der Waals surface area contributed by atoms with Crippen LogP contribution in [0.5, 0.6) is 5.75 Å². The quantitative estimate of drug-likeness (QED) is 0.703. The smallest absolute Gasteiger partial charge is 0.155 e. The largest absolute Gasteiger partial charge is 0.491 e. The molecule has 1 aromatic carbocycles. The van der Waals surface area contributed by atoms with Crippen molar-refractivity contribution >= 4 is 17.4 Å². The van der Waals surface area contributed by atoms with E-state index in [0.29, 0.717) is 32.9 Å². The van der Waals surface area contributed by atoms with E-state index in [1.807, 2.05) is 30.3 Å². The molecule has 6 heteroatoms. The Hall–Kier alpha value is -0.240. The molecule has 0 radical (unpaired) electrons. The van der Waals surface area contributed by atoms with E-state index in [4.69, 9.17) is 14.0 Å². The number of aliphatic hydroxyl groups excluding tert-OH is 1. The number of hydrogen-bond acceptors (Lipinski definition) is 4. The first-order valence-electron chi connectivity index (χ1n) is 8.80. The Balaban J connectivity index is 1.50. The van der Waals surface area contributed by atoms with Gasteiger partial charge in [-0.1, -0.05) is 34.1 Å². The van der Waals surface area contributed by atoms with Crippen LogP contribution < -0.4 is 4.74 Å². The van der Waals surface area contributed by atoms with Gasteiger partial charge in [-0.3, -0.25) is 0 Å². The molecule has 134 valence electrons. The second kappa shape index (κ2) is 8.92. The lowest BCUT2D eigenvalue weighted by atomic mass is 9.84. The van der Waals surface area contributed by atoms with Gasteiger partial charge in [0, 0.05) is 14.9 Å². The molecule has 1 heterocycles. The second-order valence-electron chi connectivity index (χ2n) is 6.96. The highest BCUT2D eigenvalue weighted by atomic mass is 32.0. The topological polar surface area (TPSA) is 47.9 Å². The molecular weight excluding hydrogens is 342 g/mol. The van der Waals surface area contributed by atoms with Crippen molar-refractivity contribution in [3.8, 4) is 5.75 Å². The summed E-state index contributed by atoms with van der Waals surface area (Å²) in [7, 11) is 3.04. The van der Waals surface area contributed by atoms with Crippen molar-refractivity contribution in [2.75, 3.05) is 6.61 Å². The maximum Gasteiger partial charge on any atom is 0.155 e. The molecule has 1 aromatic rings. The third-order valence-corrected chi connectivity index (χ3v) is 6.28. The molecule has 0 bridgehead atoms. The van der Waals surface area contributed by atoms with Gasteiger partial charge in [0.25, 0.3) is 0 Å². The number of hydrogen-bond donors (Lipinski definition) is 1. The summed E-state index contributed by atoms with van der Waals surface area (Å²) in [6.45, 7) is 2.90. The van der Waals surface area contributed by atoms with Crippen molar-refractivity contribution in [1.82, 2.24) is 0 Å². The van der Waals surface area contributed by atoms with Gasteiger partial charge in [0.1, 0.15) is 12.4 Å². The lowest BCUT2D eigenvalue weighted by Crippen LogP contribution is -2.23. The zero-order valence-electron chi connectivity index (χ0n) is 14.1. The van der Waals surface area contributed by atoms with E-state index >= 15 is 0 Å². The molecule has 2 fully saturated rings. The van der Waals surface area contributed by atoms with E-state index in [1.165, 1.54) is 0 Å². The van der Waals surface area contributed by atoms with Crippen LogP contribution in [0.3, 0.4) is 0 Å². The molecule has 1 saturated carbocycles. The van der Waals surface area contributed by atoms with Gasteiger partial charge in [-0.15, -0.1) is 0 Å². The SMILES string of the molecule is C[C@@H]1C[C@@H]2OC(O)C[C@@H]2[C@H]1CC[C@H](COc1ccccc1)OPP. The molecule has 3 rings (SSSR count). The van der Waals surface area contributed by atoms with Crippen molar-refractivity contribution in [2.24, 2.45) is 17.8 Å². The van der Waals surface area contributed by atoms with Crippen LogP contribution in [0.15, 0.2) is 30.3 Å². The summed E-state index contributed by atoms with van der Waals surface area (Å²) < 4.78 is 17.4. The molecule has 2 aliphatic rings. The summed E-state index contributed by atoms with van der Waals surface area (Å²) in [4.78, 5) is 0. The van der Waals surface area contributed by atoms with E-state index < -0.39 is 6.29 Å². The lowest BCUT2D eigenvalue weighted by molar-refractivity contribution is -0.0922. The van der Waals surface area contributed by atoms with Crippen LogP contribution in [-0.4, -0.2) is 30.2 Å². The summed E-state index contributed by atoms with van der Waals surface area (Å²) in [5.74, 6) is 2.66. The summed E-state index contributed by atoms with van der Waals surface area (Å²) in [5, 5.41) is 9.74. The van der Waals surface area contributed by atoms with Crippen LogP contribution in [0.1, 0.15) is 32.6 Å². The van der Waals surface area contributed by atoms with Gasteiger partial charge in [-0.25, -0.2) is 0 Å². The number of rotatable bonds is 8. The summed E-state index contributed by atoms with van der Waals surface area (Å²) >= 11 is 0. The Kier molecular flexibility index (Phi) is 6.89. The van der Waals surface area contributed by atoms with Gasteiger partial charge in [0.2, 0.25) is 0 Å². The fourth-order valence-electron chi connectivity index (χ4n) is 4.24. The van der Waals surface area contributed by atoms with Crippen LogP contribution >= 0.6 is 17.4 Å². The predicted molar refractivity (Wildman–Crippen MR) is 100 cm³/mol. The van der Waals surface area contributed by atoms with Crippen molar-refractivity contribution in [2.45, 2.75) is 51.1 Å². The molecule has 0 spiro atoms. The zero-order valence-corrected chi connectivity index (χ0v) is 16.3. The van der Waals surface area contributed by atoms with E-state index in [1.54, 1.807) is 0 Å². The maximum atomic E-state index is 9.74. The minimum Gasteiger partial charge on any atom is -0.491 e. The first-order valence-corrected chi connectivity index (χ1v) is 11.5. The molecule has 1 aliphatic heterocycles. The third-order valence-electron chi connectivity index (χ3n) is 5.40. The van der Waals surface area contributed by atoms with Crippen LogP contribution in [-0.2, 0) is 9.26 Å². The number of para-hydroxylation sites is 1. The predicted octanol–water partition coefficient (Wildman–Crippen LogP) is 3.99. The van der Waals surface area contributed by atoms with Crippen molar-refractivity contribution in [3.05, 3.63) is 30.3 Å². The molecule has 1 N–H and O–H groups in total. The molecule has 3 unspecified atom stereocenters. The van der Waals surface area contributed by atoms with E-state index in [-0.39, 0.29) is 12.2 Å². The standard InChI is InChI=1S/C18H28O4P2/c1-12-9-17-16(10-18(19)21-17)15(12)8-7-14(22-24-23)11-20-13-5-3-2-4-6-13/h2-6,12,14-19,24H,7-11,23H2,1H3/t12-,14-,15+,16-,17+,18?/m1/s1. The number of ether oxygens (including phenoxy) is 2. The van der Waals surface area contributed by atoms with Gasteiger partial charge < -0.3 is 19.1 Å². The van der Waals surface area contributed by atoms with E-state index in [9.17, 15) is 5.11 Å². The summed E-state index contributed by atoms with van der Waals surface area (Å²) in [5.41, 5.74) is 0. The van der Waals surface area contributed by atoms with Crippen LogP contribution in [0.4, 0.5) is 0 Å². The first-order chi connectivity index (χ1) is 11.7.